The van der Waals surface area contributed by atoms with Crippen LogP contribution in [-0.4, -0.2) is 25.5 Å². The molecule has 0 spiro atoms. The largest absolute Gasteiger partial charge is 0.496 e. The van der Waals surface area contributed by atoms with Gasteiger partial charge in [0.1, 0.15) is 16.4 Å². The molecule has 2 aromatic rings. The van der Waals surface area contributed by atoms with Gasteiger partial charge in [-0.15, -0.1) is 11.3 Å². The van der Waals surface area contributed by atoms with Gasteiger partial charge in [0.2, 0.25) is 5.78 Å². The molecule has 1 aliphatic carbocycles. The highest BCUT2D eigenvalue weighted by Gasteiger charge is 2.20. The summed E-state index contributed by atoms with van der Waals surface area (Å²) < 4.78 is 23.5. The number of Topliss-reactive ketones (excluding diaryl/α,β-unsaturated/α-hetero) is 1. The van der Waals surface area contributed by atoms with Crippen molar-refractivity contribution in [2.45, 2.75) is 25.7 Å². The van der Waals surface area contributed by atoms with Crippen LogP contribution in [0.25, 0.3) is 0 Å². The molecule has 0 fully saturated rings. The Morgan fingerprint density at radius 1 is 1.21 bits per heavy atom. The minimum absolute atomic E-state index is 0.0655. The van der Waals surface area contributed by atoms with Crippen LogP contribution in [0.5, 0.6) is 5.75 Å². The van der Waals surface area contributed by atoms with Gasteiger partial charge in [0.25, 0.3) is 0 Å². The Balaban J connectivity index is 1.67. The van der Waals surface area contributed by atoms with Crippen LogP contribution in [0.3, 0.4) is 0 Å². The molecule has 126 valence electrons. The number of hydrogen-bond donors (Lipinski definition) is 0. The Morgan fingerprint density at radius 3 is 2.75 bits per heavy atom. The van der Waals surface area contributed by atoms with Crippen molar-refractivity contribution < 1.29 is 23.5 Å². The van der Waals surface area contributed by atoms with Crippen LogP contribution >= 0.6 is 11.3 Å². The third-order valence-electron chi connectivity index (χ3n) is 3.99. The van der Waals surface area contributed by atoms with Gasteiger partial charge in [0.05, 0.1) is 12.7 Å². The number of carbonyl (C=O) groups excluding carboxylic acids is 2. The third kappa shape index (κ3) is 3.48. The van der Waals surface area contributed by atoms with Gasteiger partial charge in [-0.1, -0.05) is 0 Å². The van der Waals surface area contributed by atoms with Crippen LogP contribution in [0.2, 0.25) is 0 Å². The number of carbonyl (C=O) groups is 2. The average Bonchev–Trinajstić information content (AvgIpc) is 3.03. The molecular formula is C18H17FO4S. The summed E-state index contributed by atoms with van der Waals surface area (Å²) in [5, 5.41) is 0. The lowest BCUT2D eigenvalue weighted by atomic mass is 9.99. The number of hydrogen-bond acceptors (Lipinski definition) is 5. The van der Waals surface area contributed by atoms with E-state index >= 15 is 0 Å². The lowest BCUT2D eigenvalue weighted by molar-refractivity contribution is 0.0478. The standard InChI is InChI=1S/C18H17FO4S/c1-22-15-7-6-12(19)9-13(15)14(20)10-23-18(21)17-8-11-4-2-3-5-16(11)24-17/h6-9H,2-5,10H2,1H3. The summed E-state index contributed by atoms with van der Waals surface area (Å²) in [6.45, 7) is -0.443. The first-order chi connectivity index (χ1) is 11.6. The van der Waals surface area contributed by atoms with E-state index in [1.807, 2.05) is 6.07 Å². The van der Waals surface area contributed by atoms with Gasteiger partial charge in [-0.3, -0.25) is 4.79 Å². The van der Waals surface area contributed by atoms with E-state index in [-0.39, 0.29) is 11.3 Å². The summed E-state index contributed by atoms with van der Waals surface area (Å²) in [7, 11) is 1.40. The Labute approximate surface area is 143 Å². The third-order valence-corrected chi connectivity index (χ3v) is 5.21. The van der Waals surface area contributed by atoms with E-state index in [0.29, 0.717) is 4.88 Å². The van der Waals surface area contributed by atoms with Gasteiger partial charge in [0, 0.05) is 4.88 Å². The van der Waals surface area contributed by atoms with E-state index in [4.69, 9.17) is 9.47 Å². The number of ketones is 1. The van der Waals surface area contributed by atoms with Crippen molar-refractivity contribution >= 4 is 23.1 Å². The molecule has 1 aliphatic rings. The molecule has 0 atom stereocenters. The number of thiophene rings is 1. The number of fused-ring (bicyclic) bond motifs is 1. The molecule has 4 nitrogen and oxygen atoms in total. The van der Waals surface area contributed by atoms with E-state index < -0.39 is 24.2 Å². The fraction of sp³-hybridized carbons (Fsp3) is 0.333. The second-order valence-corrected chi connectivity index (χ2v) is 6.75. The first-order valence-corrected chi connectivity index (χ1v) is 8.55. The smallest absolute Gasteiger partial charge is 0.348 e. The maximum atomic E-state index is 13.3. The van der Waals surface area contributed by atoms with Crippen molar-refractivity contribution in [1.82, 2.24) is 0 Å². The minimum atomic E-state index is -0.545. The number of rotatable bonds is 5. The monoisotopic (exact) mass is 348 g/mol. The second-order valence-electron chi connectivity index (χ2n) is 5.61. The molecule has 1 aromatic carbocycles. The Morgan fingerprint density at radius 2 is 2.00 bits per heavy atom. The lowest BCUT2D eigenvalue weighted by Crippen LogP contribution is -2.14. The maximum Gasteiger partial charge on any atom is 0.348 e. The Kier molecular flexibility index (Phi) is 4.94. The number of halogens is 1. The van der Waals surface area contributed by atoms with Crippen molar-refractivity contribution in [3.63, 3.8) is 0 Å². The predicted octanol–water partition coefficient (Wildman–Crippen LogP) is 3.81. The highest BCUT2D eigenvalue weighted by Crippen LogP contribution is 2.30. The Bertz CT molecular complexity index is 758. The number of methoxy groups -OCH3 is 1. The molecule has 0 radical (unpaired) electrons. The molecule has 0 aliphatic heterocycles. The van der Waals surface area contributed by atoms with Crippen LogP contribution in [0.1, 0.15) is 43.3 Å². The van der Waals surface area contributed by atoms with Crippen molar-refractivity contribution in [2.75, 3.05) is 13.7 Å². The molecule has 0 bridgehead atoms. The van der Waals surface area contributed by atoms with Crippen molar-refractivity contribution in [1.29, 1.82) is 0 Å². The molecule has 0 N–H and O–H groups in total. The average molecular weight is 348 g/mol. The van der Waals surface area contributed by atoms with Crippen molar-refractivity contribution in [3.05, 3.63) is 51.0 Å². The quantitative estimate of drug-likeness (QED) is 0.609. The number of ether oxygens (including phenoxy) is 2. The number of esters is 1. The lowest BCUT2D eigenvalue weighted by Gasteiger charge is -2.08. The zero-order chi connectivity index (χ0) is 17.1. The zero-order valence-electron chi connectivity index (χ0n) is 13.3. The van der Waals surface area contributed by atoms with E-state index in [9.17, 15) is 14.0 Å². The van der Waals surface area contributed by atoms with Gasteiger partial charge in [-0.05, 0) is 55.5 Å². The highest BCUT2D eigenvalue weighted by atomic mass is 32.1. The van der Waals surface area contributed by atoms with Gasteiger partial charge in [-0.2, -0.15) is 0 Å². The molecule has 0 amide bonds. The van der Waals surface area contributed by atoms with Crippen LogP contribution in [0.15, 0.2) is 24.3 Å². The predicted molar refractivity (Wildman–Crippen MR) is 88.5 cm³/mol. The van der Waals surface area contributed by atoms with Crippen LogP contribution in [-0.2, 0) is 17.6 Å². The van der Waals surface area contributed by atoms with Gasteiger partial charge in [-0.25, -0.2) is 9.18 Å². The molecule has 24 heavy (non-hydrogen) atoms. The normalized spacial score (nSPS) is 13.2. The molecule has 1 aromatic heterocycles. The van der Waals surface area contributed by atoms with E-state index in [0.717, 1.165) is 31.7 Å². The maximum absolute atomic E-state index is 13.3. The van der Waals surface area contributed by atoms with Gasteiger partial charge in [0.15, 0.2) is 6.61 Å². The molecule has 3 rings (SSSR count). The summed E-state index contributed by atoms with van der Waals surface area (Å²) in [5.41, 5.74) is 1.27. The van der Waals surface area contributed by atoms with Crippen LogP contribution in [0.4, 0.5) is 4.39 Å². The molecule has 6 heteroatoms. The zero-order valence-corrected chi connectivity index (χ0v) is 14.1. The first-order valence-electron chi connectivity index (χ1n) is 7.74. The van der Waals surface area contributed by atoms with Crippen molar-refractivity contribution in [2.24, 2.45) is 0 Å². The number of benzene rings is 1. The fourth-order valence-electron chi connectivity index (χ4n) is 2.77. The molecule has 0 unspecified atom stereocenters. The molecular weight excluding hydrogens is 331 g/mol. The molecule has 1 heterocycles. The molecule has 0 saturated carbocycles. The topological polar surface area (TPSA) is 52.6 Å². The molecule has 0 saturated heterocycles. The summed E-state index contributed by atoms with van der Waals surface area (Å²) >= 11 is 1.43. The summed E-state index contributed by atoms with van der Waals surface area (Å²) in [4.78, 5) is 26.1. The summed E-state index contributed by atoms with van der Waals surface area (Å²) in [6, 6.07) is 5.52. The first kappa shape index (κ1) is 16.6. The van der Waals surface area contributed by atoms with E-state index in [1.54, 1.807) is 0 Å². The van der Waals surface area contributed by atoms with E-state index in [1.165, 1.54) is 41.0 Å². The summed E-state index contributed by atoms with van der Waals surface area (Å²) in [6.07, 6.45) is 4.25. The SMILES string of the molecule is COc1ccc(F)cc1C(=O)COC(=O)c1cc2c(s1)CCCC2. The van der Waals surface area contributed by atoms with Gasteiger partial charge < -0.3 is 9.47 Å². The minimum Gasteiger partial charge on any atom is -0.496 e. The Hall–Kier alpha value is -2.21. The van der Waals surface area contributed by atoms with E-state index in [2.05, 4.69) is 0 Å². The highest BCUT2D eigenvalue weighted by molar-refractivity contribution is 7.14. The number of aryl methyl sites for hydroxylation is 2. The van der Waals surface area contributed by atoms with Crippen molar-refractivity contribution in [3.8, 4) is 5.75 Å². The summed E-state index contributed by atoms with van der Waals surface area (Å²) in [5.74, 6) is -1.31. The second kappa shape index (κ2) is 7.13. The fourth-order valence-corrected chi connectivity index (χ4v) is 3.92. The van der Waals surface area contributed by atoms with Crippen LogP contribution in [0, 0.1) is 5.82 Å². The van der Waals surface area contributed by atoms with Gasteiger partial charge >= 0.3 is 5.97 Å². The van der Waals surface area contributed by atoms with Crippen LogP contribution < -0.4 is 4.74 Å².